The van der Waals surface area contributed by atoms with Crippen molar-refractivity contribution in [1.82, 2.24) is 0 Å². The fraction of sp³-hybridized carbons (Fsp3) is 0.455. The number of ether oxygens (including phenoxy) is 1. The smallest absolute Gasteiger partial charge is 0.0851 e. The zero-order valence-corrected chi connectivity index (χ0v) is 8.56. The fourth-order valence-corrected chi connectivity index (χ4v) is 1.45. The summed E-state index contributed by atoms with van der Waals surface area (Å²) in [5.74, 6) is 0. The molecule has 0 saturated heterocycles. The number of hydrogen-bond donors (Lipinski definition) is 0. The molecule has 0 fully saturated rings. The van der Waals surface area contributed by atoms with Gasteiger partial charge in [0.1, 0.15) is 0 Å². The Morgan fingerprint density at radius 1 is 1.43 bits per heavy atom. The third kappa shape index (κ3) is 2.64. The Hall–Kier alpha value is -1.22. The highest BCUT2D eigenvalue weighted by atomic mass is 16.5. The molecular formula is C11H15NO2. The molecular weight excluding hydrogens is 178 g/mol. The molecule has 14 heavy (non-hydrogen) atoms. The molecule has 76 valence electrons. The van der Waals surface area contributed by atoms with Gasteiger partial charge in [-0.05, 0) is 24.5 Å². The third-order valence-electron chi connectivity index (χ3n) is 2.32. The van der Waals surface area contributed by atoms with Gasteiger partial charge in [-0.25, -0.2) is 0 Å². The van der Waals surface area contributed by atoms with Gasteiger partial charge >= 0.3 is 0 Å². The van der Waals surface area contributed by atoms with Crippen LogP contribution >= 0.6 is 0 Å². The maximum absolute atomic E-state index is 10.0. The van der Waals surface area contributed by atoms with E-state index in [0.717, 1.165) is 11.1 Å². The van der Waals surface area contributed by atoms with Gasteiger partial charge in [-0.3, -0.25) is 0 Å². The van der Waals surface area contributed by atoms with E-state index >= 15 is 0 Å². The molecule has 1 rings (SSSR count). The van der Waals surface area contributed by atoms with Crippen molar-refractivity contribution in [1.29, 1.82) is 0 Å². The van der Waals surface area contributed by atoms with E-state index in [4.69, 9.17) is 4.74 Å². The second-order valence-electron chi connectivity index (χ2n) is 3.18. The summed E-state index contributed by atoms with van der Waals surface area (Å²) in [6.45, 7) is 2.32. The lowest BCUT2D eigenvalue weighted by Gasteiger charge is -2.13. The van der Waals surface area contributed by atoms with E-state index in [2.05, 4.69) is 5.18 Å². The number of rotatable bonds is 5. The summed E-state index contributed by atoms with van der Waals surface area (Å²) in [4.78, 5) is 10.0. The maximum atomic E-state index is 10.0. The van der Waals surface area contributed by atoms with E-state index in [9.17, 15) is 4.91 Å². The Balaban J connectivity index is 2.84. The number of nitrogens with zero attached hydrogens (tertiary/aromatic N) is 1. The van der Waals surface area contributed by atoms with Crippen LogP contribution in [0.25, 0.3) is 0 Å². The molecule has 0 amide bonds. The minimum absolute atomic E-state index is 0.0675. The molecule has 1 atom stereocenters. The zero-order valence-electron chi connectivity index (χ0n) is 8.56. The molecule has 0 aliphatic rings. The molecule has 0 saturated carbocycles. The quantitative estimate of drug-likeness (QED) is 0.674. The van der Waals surface area contributed by atoms with E-state index in [-0.39, 0.29) is 6.10 Å². The fourth-order valence-electron chi connectivity index (χ4n) is 1.45. The van der Waals surface area contributed by atoms with Crippen molar-refractivity contribution in [2.75, 3.05) is 13.7 Å². The van der Waals surface area contributed by atoms with Gasteiger partial charge in [0.15, 0.2) is 0 Å². The van der Waals surface area contributed by atoms with Crippen LogP contribution in [0.4, 0.5) is 0 Å². The number of methoxy groups -OCH3 is 1. The van der Waals surface area contributed by atoms with Crippen LogP contribution in [-0.2, 0) is 11.2 Å². The standard InChI is InChI=1S/C11H15NO2/c1-9(14-2)11-6-4-3-5-10(11)7-8-12-13/h3-6,9H,7-8H2,1-2H3. The van der Waals surface area contributed by atoms with Crippen molar-refractivity contribution in [3.05, 3.63) is 40.3 Å². The monoisotopic (exact) mass is 193 g/mol. The van der Waals surface area contributed by atoms with Crippen LogP contribution in [0.2, 0.25) is 0 Å². The molecule has 3 heteroatoms. The number of benzene rings is 1. The Morgan fingerprint density at radius 2 is 2.14 bits per heavy atom. The van der Waals surface area contributed by atoms with Gasteiger partial charge in [-0.1, -0.05) is 29.4 Å². The van der Waals surface area contributed by atoms with E-state index in [1.165, 1.54) is 0 Å². The first kappa shape index (κ1) is 10.9. The summed E-state index contributed by atoms with van der Waals surface area (Å²) in [7, 11) is 1.68. The molecule has 0 spiro atoms. The molecule has 0 heterocycles. The molecule has 0 aromatic heterocycles. The topological polar surface area (TPSA) is 38.7 Å². The van der Waals surface area contributed by atoms with Gasteiger partial charge in [0.2, 0.25) is 0 Å². The van der Waals surface area contributed by atoms with Gasteiger partial charge in [0.05, 0.1) is 12.6 Å². The van der Waals surface area contributed by atoms with E-state index in [0.29, 0.717) is 13.0 Å². The second kappa shape index (κ2) is 5.50. The molecule has 0 radical (unpaired) electrons. The molecule has 1 unspecified atom stereocenters. The molecule has 1 aromatic carbocycles. The predicted octanol–water partition coefficient (Wildman–Crippen LogP) is 2.70. The average molecular weight is 193 g/mol. The summed E-state index contributed by atoms with van der Waals surface area (Å²) >= 11 is 0. The molecule has 3 nitrogen and oxygen atoms in total. The highest BCUT2D eigenvalue weighted by Gasteiger charge is 2.08. The Labute approximate surface area is 84.1 Å². The highest BCUT2D eigenvalue weighted by molar-refractivity contribution is 5.29. The zero-order chi connectivity index (χ0) is 10.4. The Morgan fingerprint density at radius 3 is 2.79 bits per heavy atom. The summed E-state index contributed by atoms with van der Waals surface area (Å²) in [5, 5.41) is 2.87. The van der Waals surface area contributed by atoms with Gasteiger partial charge in [0.25, 0.3) is 0 Å². The lowest BCUT2D eigenvalue weighted by atomic mass is 10.0. The summed E-state index contributed by atoms with van der Waals surface area (Å²) in [6, 6.07) is 7.97. The lowest BCUT2D eigenvalue weighted by molar-refractivity contribution is 0.119. The lowest BCUT2D eigenvalue weighted by Crippen LogP contribution is -2.02. The van der Waals surface area contributed by atoms with Crippen LogP contribution in [-0.4, -0.2) is 13.7 Å². The highest BCUT2D eigenvalue weighted by Crippen LogP contribution is 2.20. The van der Waals surface area contributed by atoms with Crippen LogP contribution in [0, 0.1) is 4.91 Å². The Bertz CT molecular complexity index is 299. The van der Waals surface area contributed by atoms with Gasteiger partial charge in [0, 0.05) is 7.11 Å². The first-order chi connectivity index (χ1) is 6.79. The van der Waals surface area contributed by atoms with Crippen LogP contribution in [0.5, 0.6) is 0 Å². The van der Waals surface area contributed by atoms with Crippen molar-refractivity contribution in [2.45, 2.75) is 19.4 Å². The van der Waals surface area contributed by atoms with Crippen molar-refractivity contribution in [3.63, 3.8) is 0 Å². The normalized spacial score (nSPS) is 12.4. The van der Waals surface area contributed by atoms with Crippen molar-refractivity contribution < 1.29 is 4.74 Å². The van der Waals surface area contributed by atoms with Gasteiger partial charge < -0.3 is 4.74 Å². The van der Waals surface area contributed by atoms with Crippen LogP contribution < -0.4 is 0 Å². The van der Waals surface area contributed by atoms with Crippen LogP contribution in [0.1, 0.15) is 24.2 Å². The third-order valence-corrected chi connectivity index (χ3v) is 2.32. The Kier molecular flexibility index (Phi) is 4.26. The van der Waals surface area contributed by atoms with E-state index in [1.54, 1.807) is 7.11 Å². The predicted molar refractivity (Wildman–Crippen MR) is 56.2 cm³/mol. The SMILES string of the molecule is COC(C)c1ccccc1CCN=O. The first-order valence-electron chi connectivity index (χ1n) is 4.69. The van der Waals surface area contributed by atoms with E-state index in [1.807, 2.05) is 31.2 Å². The van der Waals surface area contributed by atoms with Gasteiger partial charge in [-0.15, -0.1) is 0 Å². The second-order valence-corrected chi connectivity index (χ2v) is 3.18. The summed E-state index contributed by atoms with van der Waals surface area (Å²) < 4.78 is 5.25. The molecule has 0 aliphatic carbocycles. The van der Waals surface area contributed by atoms with Crippen molar-refractivity contribution in [3.8, 4) is 0 Å². The van der Waals surface area contributed by atoms with Crippen LogP contribution in [0.3, 0.4) is 0 Å². The first-order valence-corrected chi connectivity index (χ1v) is 4.69. The summed E-state index contributed by atoms with van der Waals surface area (Å²) in [5.41, 5.74) is 2.28. The molecule has 0 aliphatic heterocycles. The van der Waals surface area contributed by atoms with Crippen molar-refractivity contribution in [2.24, 2.45) is 5.18 Å². The number of nitroso groups, excluding NO2 is 1. The minimum atomic E-state index is 0.0675. The maximum Gasteiger partial charge on any atom is 0.0851 e. The number of hydrogen-bond acceptors (Lipinski definition) is 3. The van der Waals surface area contributed by atoms with E-state index < -0.39 is 0 Å². The van der Waals surface area contributed by atoms with Crippen LogP contribution in [0.15, 0.2) is 29.4 Å². The molecule has 1 aromatic rings. The van der Waals surface area contributed by atoms with Gasteiger partial charge in [-0.2, -0.15) is 4.91 Å². The summed E-state index contributed by atoms with van der Waals surface area (Å²) in [6.07, 6.45) is 0.755. The minimum Gasteiger partial charge on any atom is -0.377 e. The average Bonchev–Trinajstić information content (AvgIpc) is 2.25. The molecule has 0 bridgehead atoms. The van der Waals surface area contributed by atoms with Crippen molar-refractivity contribution >= 4 is 0 Å². The largest absolute Gasteiger partial charge is 0.377 e. The molecule has 0 N–H and O–H groups in total.